The lowest BCUT2D eigenvalue weighted by atomic mass is 10.1. The Kier molecular flexibility index (Phi) is 11.3. The molecule has 1 aromatic carbocycles. The second-order valence-corrected chi connectivity index (χ2v) is 8.07. The van der Waals surface area contributed by atoms with Crippen molar-refractivity contribution in [2.45, 2.75) is 96.7 Å². The van der Waals surface area contributed by atoms with Crippen LogP contribution in [0, 0.1) is 0 Å². The highest BCUT2D eigenvalue weighted by atomic mass is 16.8. The van der Waals surface area contributed by atoms with Gasteiger partial charge in [0, 0.05) is 0 Å². The normalized spacial score (nSPS) is 13.7. The molecular weight excluding hydrogens is 396 g/mol. The number of fused-ring (bicyclic) bond motifs is 1. The number of para-hydroxylation sites is 2. The van der Waals surface area contributed by atoms with Gasteiger partial charge in [0.2, 0.25) is 0 Å². The molecule has 1 aromatic rings. The molecule has 0 spiro atoms. The first kappa shape index (κ1) is 25.0. The third-order valence-electron chi connectivity index (χ3n) is 5.36. The van der Waals surface area contributed by atoms with Crippen LogP contribution in [0.1, 0.15) is 90.9 Å². The van der Waals surface area contributed by atoms with Crippen LogP contribution in [0.5, 0.6) is 11.5 Å². The van der Waals surface area contributed by atoms with Crippen molar-refractivity contribution in [1.82, 2.24) is 0 Å². The van der Waals surface area contributed by atoms with E-state index in [2.05, 4.69) is 13.8 Å². The second-order valence-electron chi connectivity index (χ2n) is 8.07. The van der Waals surface area contributed by atoms with Gasteiger partial charge >= 0.3 is 17.7 Å². The van der Waals surface area contributed by atoms with Crippen molar-refractivity contribution < 1.29 is 28.5 Å². The molecule has 1 aliphatic heterocycles. The van der Waals surface area contributed by atoms with E-state index in [0.29, 0.717) is 11.5 Å². The Morgan fingerprint density at radius 1 is 0.677 bits per heavy atom. The van der Waals surface area contributed by atoms with Crippen molar-refractivity contribution >= 4 is 11.9 Å². The van der Waals surface area contributed by atoms with Crippen molar-refractivity contribution in [2.75, 3.05) is 13.2 Å². The molecule has 0 aromatic heterocycles. The third-order valence-corrected chi connectivity index (χ3v) is 5.36. The monoisotopic (exact) mass is 434 g/mol. The Hall–Kier alpha value is -2.24. The van der Waals surface area contributed by atoms with E-state index in [1.807, 2.05) is 0 Å². The minimum Gasteiger partial charge on any atom is -0.459 e. The van der Waals surface area contributed by atoms with E-state index >= 15 is 0 Å². The Morgan fingerprint density at radius 3 is 1.48 bits per heavy atom. The van der Waals surface area contributed by atoms with Crippen LogP contribution in [0.4, 0.5) is 0 Å². The standard InChI is InChI=1S/C25H38O6/c1-3-5-7-9-11-15-19-28-23(26)25(30-21-17-13-14-18-22(21)31-25)24(27)29-20-16-12-10-8-6-4-2/h13-14,17-18H,3-12,15-16,19-20H2,1-2H3. The first-order chi connectivity index (χ1) is 15.1. The average Bonchev–Trinajstić information content (AvgIpc) is 3.18. The molecule has 0 saturated carbocycles. The molecule has 6 heteroatoms. The van der Waals surface area contributed by atoms with E-state index < -0.39 is 17.7 Å². The lowest BCUT2D eigenvalue weighted by Crippen LogP contribution is -2.56. The summed E-state index contributed by atoms with van der Waals surface area (Å²) >= 11 is 0. The van der Waals surface area contributed by atoms with Crippen LogP contribution < -0.4 is 9.47 Å². The van der Waals surface area contributed by atoms with Crippen molar-refractivity contribution in [3.63, 3.8) is 0 Å². The zero-order valence-corrected chi connectivity index (χ0v) is 19.2. The molecule has 0 amide bonds. The molecule has 174 valence electrons. The third kappa shape index (κ3) is 7.75. The van der Waals surface area contributed by atoms with E-state index in [1.165, 1.54) is 38.5 Å². The van der Waals surface area contributed by atoms with Gasteiger partial charge in [-0.2, -0.15) is 0 Å². The van der Waals surface area contributed by atoms with Gasteiger partial charge in [-0.3, -0.25) is 0 Å². The molecule has 31 heavy (non-hydrogen) atoms. The van der Waals surface area contributed by atoms with Crippen LogP contribution in [0.25, 0.3) is 0 Å². The summed E-state index contributed by atoms with van der Waals surface area (Å²) in [4.78, 5) is 25.7. The fraction of sp³-hybridized carbons (Fsp3) is 0.680. The van der Waals surface area contributed by atoms with Crippen molar-refractivity contribution in [1.29, 1.82) is 0 Å². The maximum absolute atomic E-state index is 12.8. The molecule has 0 saturated heterocycles. The van der Waals surface area contributed by atoms with Gasteiger partial charge in [-0.1, -0.05) is 90.2 Å². The molecule has 6 nitrogen and oxygen atoms in total. The van der Waals surface area contributed by atoms with Crippen LogP contribution >= 0.6 is 0 Å². The number of hydrogen-bond donors (Lipinski definition) is 0. The van der Waals surface area contributed by atoms with E-state index in [-0.39, 0.29) is 13.2 Å². The summed E-state index contributed by atoms with van der Waals surface area (Å²) in [5.74, 6) is -3.27. The number of ether oxygens (including phenoxy) is 4. The van der Waals surface area contributed by atoms with E-state index in [1.54, 1.807) is 24.3 Å². The maximum Gasteiger partial charge on any atom is 0.453 e. The van der Waals surface area contributed by atoms with Crippen LogP contribution in [0.2, 0.25) is 0 Å². The summed E-state index contributed by atoms with van der Waals surface area (Å²) in [5, 5.41) is 0. The van der Waals surface area contributed by atoms with Crippen LogP contribution in [0.3, 0.4) is 0 Å². The first-order valence-electron chi connectivity index (χ1n) is 12.0. The highest BCUT2D eigenvalue weighted by molar-refractivity contribution is 6.03. The Bertz CT molecular complexity index is 615. The molecule has 0 aliphatic carbocycles. The van der Waals surface area contributed by atoms with Gasteiger partial charge < -0.3 is 18.9 Å². The van der Waals surface area contributed by atoms with Crippen LogP contribution in [0.15, 0.2) is 24.3 Å². The Labute approximate surface area is 186 Å². The minimum atomic E-state index is -2.21. The molecule has 0 N–H and O–H groups in total. The van der Waals surface area contributed by atoms with Gasteiger partial charge in [-0.15, -0.1) is 0 Å². The predicted molar refractivity (Wildman–Crippen MR) is 119 cm³/mol. The predicted octanol–water partition coefficient (Wildman–Crippen LogP) is 5.96. The Morgan fingerprint density at radius 2 is 1.06 bits per heavy atom. The van der Waals surface area contributed by atoms with Gasteiger partial charge in [0.15, 0.2) is 11.5 Å². The number of unbranched alkanes of at least 4 members (excludes halogenated alkanes) is 10. The molecule has 0 bridgehead atoms. The molecule has 2 rings (SSSR count). The van der Waals surface area contributed by atoms with E-state index in [9.17, 15) is 9.59 Å². The van der Waals surface area contributed by atoms with Crippen molar-refractivity contribution in [3.05, 3.63) is 24.3 Å². The Balaban J connectivity index is 1.86. The topological polar surface area (TPSA) is 71.1 Å². The van der Waals surface area contributed by atoms with Crippen molar-refractivity contribution in [3.8, 4) is 11.5 Å². The largest absolute Gasteiger partial charge is 0.459 e. The molecule has 1 heterocycles. The van der Waals surface area contributed by atoms with Crippen LogP contribution in [-0.2, 0) is 19.1 Å². The summed E-state index contributed by atoms with van der Waals surface area (Å²) in [6.07, 6.45) is 12.8. The quantitative estimate of drug-likeness (QED) is 0.182. The molecule has 0 unspecified atom stereocenters. The molecule has 0 fully saturated rings. The lowest BCUT2D eigenvalue weighted by molar-refractivity contribution is -0.202. The highest BCUT2D eigenvalue weighted by Crippen LogP contribution is 2.40. The summed E-state index contributed by atoms with van der Waals surface area (Å²) in [5.41, 5.74) is 0. The number of esters is 2. The fourth-order valence-corrected chi connectivity index (χ4v) is 3.48. The summed E-state index contributed by atoms with van der Waals surface area (Å²) < 4.78 is 22.1. The second kappa shape index (κ2) is 13.9. The zero-order chi connectivity index (χ0) is 22.4. The lowest BCUT2D eigenvalue weighted by Gasteiger charge is -2.23. The summed E-state index contributed by atoms with van der Waals surface area (Å²) in [6, 6.07) is 6.81. The van der Waals surface area contributed by atoms with Gasteiger partial charge in [0.25, 0.3) is 0 Å². The number of rotatable bonds is 16. The smallest absolute Gasteiger partial charge is 0.453 e. The number of benzene rings is 1. The maximum atomic E-state index is 12.8. The summed E-state index contributed by atoms with van der Waals surface area (Å²) in [7, 11) is 0. The van der Waals surface area contributed by atoms with Crippen molar-refractivity contribution in [2.24, 2.45) is 0 Å². The SMILES string of the molecule is CCCCCCCCOC(=O)C1(C(=O)OCCCCCCCC)Oc2ccccc2O1. The fourth-order valence-electron chi connectivity index (χ4n) is 3.48. The first-order valence-corrected chi connectivity index (χ1v) is 12.0. The van der Waals surface area contributed by atoms with Gasteiger partial charge in [0.05, 0.1) is 13.2 Å². The zero-order valence-electron chi connectivity index (χ0n) is 19.2. The van der Waals surface area contributed by atoms with Gasteiger partial charge in [0.1, 0.15) is 0 Å². The average molecular weight is 435 g/mol. The molecular formula is C25H38O6. The van der Waals surface area contributed by atoms with E-state index in [4.69, 9.17) is 18.9 Å². The molecule has 0 radical (unpaired) electrons. The minimum absolute atomic E-state index is 0.223. The number of carbonyl (C=O) groups is 2. The molecule has 1 aliphatic rings. The summed E-state index contributed by atoms with van der Waals surface area (Å²) in [6.45, 7) is 4.79. The van der Waals surface area contributed by atoms with E-state index in [0.717, 1.165) is 38.5 Å². The van der Waals surface area contributed by atoms with Gasteiger partial charge in [-0.05, 0) is 25.0 Å². The van der Waals surface area contributed by atoms with Gasteiger partial charge in [-0.25, -0.2) is 9.59 Å². The van der Waals surface area contributed by atoms with Crippen LogP contribution in [-0.4, -0.2) is 30.9 Å². The molecule has 0 atom stereocenters. The highest BCUT2D eigenvalue weighted by Gasteiger charge is 2.59. The number of carbonyl (C=O) groups excluding carboxylic acids is 2. The number of hydrogen-bond acceptors (Lipinski definition) is 6.